The van der Waals surface area contributed by atoms with Gasteiger partial charge in [-0.25, -0.2) is 0 Å². The molecule has 120 valence electrons. The Morgan fingerprint density at radius 3 is 2.26 bits per heavy atom. The smallest absolute Gasteiger partial charge is 0.0864 e. The molecule has 3 nitrogen and oxygen atoms in total. The molecule has 0 spiro atoms. The summed E-state index contributed by atoms with van der Waals surface area (Å²) in [5.41, 5.74) is 6.62. The molecule has 0 amide bonds. The van der Waals surface area contributed by atoms with Crippen LogP contribution in [0.15, 0.2) is 35.5 Å². The number of rotatable bonds is 0. The van der Waals surface area contributed by atoms with Gasteiger partial charge in [-0.1, -0.05) is 47.6 Å². The standard InChI is InChI=1S/C20H25N3/c1-19(2,3)14-7-8-15-17(9-14)23-16-10-18(20(4,5)6)22-12-13(16)11-21-15/h7-12,23H,1-6H3. The molecule has 0 fully saturated rings. The molecular formula is C20H25N3. The van der Waals surface area contributed by atoms with E-state index in [2.05, 4.69) is 81.1 Å². The van der Waals surface area contributed by atoms with Crippen LogP contribution in [0.3, 0.4) is 0 Å². The minimum Gasteiger partial charge on any atom is -0.353 e. The van der Waals surface area contributed by atoms with Gasteiger partial charge in [-0.3, -0.25) is 9.98 Å². The molecule has 1 N–H and O–H groups in total. The lowest BCUT2D eigenvalue weighted by molar-refractivity contribution is 0.569. The number of hydrogen-bond acceptors (Lipinski definition) is 3. The lowest BCUT2D eigenvalue weighted by Gasteiger charge is -2.21. The maximum absolute atomic E-state index is 4.62. The predicted octanol–water partition coefficient (Wildman–Crippen LogP) is 5.48. The van der Waals surface area contributed by atoms with Gasteiger partial charge in [0.2, 0.25) is 0 Å². The first-order valence-corrected chi connectivity index (χ1v) is 8.11. The first-order valence-electron chi connectivity index (χ1n) is 8.11. The zero-order valence-corrected chi connectivity index (χ0v) is 14.9. The van der Waals surface area contributed by atoms with Gasteiger partial charge in [0.05, 0.1) is 17.1 Å². The quantitative estimate of drug-likeness (QED) is 0.596. The molecule has 0 saturated heterocycles. The van der Waals surface area contributed by atoms with Gasteiger partial charge >= 0.3 is 0 Å². The summed E-state index contributed by atoms with van der Waals surface area (Å²) in [6.45, 7) is 13.2. The van der Waals surface area contributed by atoms with Crippen molar-refractivity contribution in [2.45, 2.75) is 52.4 Å². The Morgan fingerprint density at radius 2 is 1.61 bits per heavy atom. The molecule has 1 aliphatic heterocycles. The molecule has 2 aromatic rings. The van der Waals surface area contributed by atoms with Crippen molar-refractivity contribution in [2.75, 3.05) is 5.32 Å². The van der Waals surface area contributed by atoms with Crippen molar-refractivity contribution in [3.8, 4) is 0 Å². The number of nitrogens with zero attached hydrogens (tertiary/aromatic N) is 2. The fraction of sp³-hybridized carbons (Fsp3) is 0.400. The van der Waals surface area contributed by atoms with Crippen molar-refractivity contribution >= 4 is 23.3 Å². The van der Waals surface area contributed by atoms with Gasteiger partial charge in [0, 0.05) is 29.1 Å². The van der Waals surface area contributed by atoms with Crippen LogP contribution in [0.4, 0.5) is 17.1 Å². The third-order valence-electron chi connectivity index (χ3n) is 4.18. The van der Waals surface area contributed by atoms with Crippen molar-refractivity contribution in [2.24, 2.45) is 4.99 Å². The van der Waals surface area contributed by atoms with Crippen LogP contribution in [-0.4, -0.2) is 11.2 Å². The molecule has 3 heteroatoms. The maximum atomic E-state index is 4.62. The Hall–Kier alpha value is -2.16. The number of anilines is 2. The second kappa shape index (κ2) is 5.19. The molecule has 0 unspecified atom stereocenters. The van der Waals surface area contributed by atoms with E-state index in [1.54, 1.807) is 0 Å². The van der Waals surface area contributed by atoms with Gasteiger partial charge in [-0.15, -0.1) is 0 Å². The van der Waals surface area contributed by atoms with Gasteiger partial charge in [-0.05, 0) is 29.2 Å². The van der Waals surface area contributed by atoms with E-state index in [1.807, 2.05) is 12.4 Å². The van der Waals surface area contributed by atoms with E-state index in [0.29, 0.717) is 0 Å². The molecular weight excluding hydrogens is 282 g/mol. The zero-order chi connectivity index (χ0) is 16.8. The first-order chi connectivity index (χ1) is 10.6. The Balaban J connectivity index is 2.08. The fourth-order valence-electron chi connectivity index (χ4n) is 2.59. The lowest BCUT2D eigenvalue weighted by atomic mass is 9.86. The van der Waals surface area contributed by atoms with Crippen LogP contribution in [0.25, 0.3) is 0 Å². The van der Waals surface area contributed by atoms with Gasteiger partial charge in [-0.2, -0.15) is 0 Å². The molecule has 1 aromatic carbocycles. The molecule has 1 aliphatic rings. The summed E-state index contributed by atoms with van der Waals surface area (Å²) in [5.74, 6) is 0. The molecule has 0 radical (unpaired) electrons. The number of benzene rings is 1. The van der Waals surface area contributed by atoms with E-state index in [9.17, 15) is 0 Å². The SMILES string of the molecule is CC(C)(C)c1ccc2c(c1)Nc1cc(C(C)(C)C)ncc1C=N2. The second-order valence-electron chi connectivity index (χ2n) is 8.27. The minimum absolute atomic E-state index is 0.0241. The molecule has 2 heterocycles. The topological polar surface area (TPSA) is 37.3 Å². The zero-order valence-electron chi connectivity index (χ0n) is 14.9. The van der Waals surface area contributed by atoms with Crippen LogP contribution in [0.1, 0.15) is 58.4 Å². The maximum Gasteiger partial charge on any atom is 0.0864 e. The monoisotopic (exact) mass is 307 g/mol. The van der Waals surface area contributed by atoms with E-state index >= 15 is 0 Å². The van der Waals surface area contributed by atoms with Crippen molar-refractivity contribution < 1.29 is 0 Å². The summed E-state index contributed by atoms with van der Waals surface area (Å²) in [5, 5.41) is 3.56. The highest BCUT2D eigenvalue weighted by Crippen LogP contribution is 2.36. The van der Waals surface area contributed by atoms with Crippen molar-refractivity contribution in [3.05, 3.63) is 47.3 Å². The van der Waals surface area contributed by atoms with Crippen molar-refractivity contribution in [3.63, 3.8) is 0 Å². The van der Waals surface area contributed by atoms with Gasteiger partial charge in [0.25, 0.3) is 0 Å². The second-order valence-corrected chi connectivity index (χ2v) is 8.27. The van der Waals surface area contributed by atoms with Gasteiger partial charge in [0.15, 0.2) is 0 Å². The molecule has 0 atom stereocenters. The normalized spacial score (nSPS) is 13.8. The van der Waals surface area contributed by atoms with E-state index in [0.717, 1.165) is 28.3 Å². The summed E-state index contributed by atoms with van der Waals surface area (Å²) in [4.78, 5) is 9.21. The largest absolute Gasteiger partial charge is 0.353 e. The van der Waals surface area contributed by atoms with Gasteiger partial charge < -0.3 is 5.32 Å². The molecule has 0 bridgehead atoms. The van der Waals surface area contributed by atoms with Crippen LogP contribution in [0, 0.1) is 0 Å². The molecule has 0 saturated carbocycles. The third kappa shape index (κ3) is 3.14. The number of aromatic nitrogens is 1. The third-order valence-corrected chi connectivity index (χ3v) is 4.18. The van der Waals surface area contributed by atoms with Crippen LogP contribution >= 0.6 is 0 Å². The summed E-state index contributed by atoms with van der Waals surface area (Å²) in [7, 11) is 0. The fourth-order valence-corrected chi connectivity index (χ4v) is 2.59. The van der Waals surface area contributed by atoms with Crippen LogP contribution in [0.5, 0.6) is 0 Å². The molecule has 3 rings (SSSR count). The molecule has 23 heavy (non-hydrogen) atoms. The van der Waals surface area contributed by atoms with E-state index < -0.39 is 0 Å². The van der Waals surface area contributed by atoms with E-state index in [1.165, 1.54) is 5.56 Å². The molecule has 1 aromatic heterocycles. The summed E-state index contributed by atoms with van der Waals surface area (Å²) < 4.78 is 0. The average molecular weight is 307 g/mol. The highest BCUT2D eigenvalue weighted by atomic mass is 14.9. The Morgan fingerprint density at radius 1 is 0.870 bits per heavy atom. The van der Waals surface area contributed by atoms with Crippen LogP contribution in [-0.2, 0) is 10.8 Å². The Kier molecular flexibility index (Phi) is 3.55. The number of pyridine rings is 1. The summed E-state index contributed by atoms with van der Waals surface area (Å²) in [6.07, 6.45) is 3.80. The summed E-state index contributed by atoms with van der Waals surface area (Å²) in [6, 6.07) is 8.59. The van der Waals surface area contributed by atoms with Crippen molar-refractivity contribution in [1.82, 2.24) is 4.98 Å². The summed E-state index contributed by atoms with van der Waals surface area (Å²) >= 11 is 0. The number of aliphatic imine (C=N–C) groups is 1. The highest BCUT2D eigenvalue weighted by molar-refractivity contribution is 5.95. The molecule has 0 aliphatic carbocycles. The Labute approximate surface area is 138 Å². The van der Waals surface area contributed by atoms with E-state index in [-0.39, 0.29) is 10.8 Å². The van der Waals surface area contributed by atoms with E-state index in [4.69, 9.17) is 0 Å². The van der Waals surface area contributed by atoms with Crippen LogP contribution < -0.4 is 5.32 Å². The average Bonchev–Trinajstić information content (AvgIpc) is 2.62. The predicted molar refractivity (Wildman–Crippen MR) is 98.6 cm³/mol. The first kappa shape index (κ1) is 15.7. The minimum atomic E-state index is 0.0241. The number of nitrogens with one attached hydrogen (secondary N) is 1. The van der Waals surface area contributed by atoms with Crippen LogP contribution in [0.2, 0.25) is 0 Å². The highest BCUT2D eigenvalue weighted by Gasteiger charge is 2.20. The number of fused-ring (bicyclic) bond motifs is 2. The lowest BCUT2D eigenvalue weighted by Crippen LogP contribution is -2.14. The number of hydrogen-bond donors (Lipinski definition) is 1. The van der Waals surface area contributed by atoms with Gasteiger partial charge in [0.1, 0.15) is 0 Å². The van der Waals surface area contributed by atoms with Crippen molar-refractivity contribution in [1.29, 1.82) is 0 Å². The Bertz CT molecular complexity index is 709.